The van der Waals surface area contributed by atoms with E-state index in [4.69, 9.17) is 0 Å². The first-order valence-electron chi connectivity index (χ1n) is 8.48. The van der Waals surface area contributed by atoms with E-state index in [1.165, 1.54) is 11.3 Å². The van der Waals surface area contributed by atoms with Crippen molar-refractivity contribution in [3.05, 3.63) is 40.8 Å². The van der Waals surface area contributed by atoms with Gasteiger partial charge in [-0.15, -0.1) is 11.3 Å². The van der Waals surface area contributed by atoms with Crippen molar-refractivity contribution < 1.29 is 13.2 Å². The predicted octanol–water partition coefficient (Wildman–Crippen LogP) is 1.48. The van der Waals surface area contributed by atoms with Crippen LogP contribution in [0, 0.1) is 0 Å². The fourth-order valence-corrected chi connectivity index (χ4v) is 6.28. The Morgan fingerprint density at radius 1 is 1.12 bits per heavy atom. The van der Waals surface area contributed by atoms with Crippen molar-refractivity contribution in [2.75, 3.05) is 37.7 Å². The maximum atomic E-state index is 12.9. The number of carbonyl (C=O) groups is 1. The van der Waals surface area contributed by atoms with Crippen LogP contribution in [0.25, 0.3) is 5.69 Å². The van der Waals surface area contributed by atoms with E-state index in [0.29, 0.717) is 18.8 Å². The van der Waals surface area contributed by atoms with Gasteiger partial charge in [-0.25, -0.2) is 8.42 Å². The third kappa shape index (κ3) is 3.38. The van der Waals surface area contributed by atoms with Crippen LogP contribution in [-0.2, 0) is 9.84 Å². The van der Waals surface area contributed by atoms with Gasteiger partial charge in [-0.3, -0.25) is 9.69 Å². The minimum absolute atomic E-state index is 0.0670. The van der Waals surface area contributed by atoms with E-state index in [2.05, 4.69) is 4.90 Å². The lowest BCUT2D eigenvalue weighted by atomic mass is 10.2. The zero-order chi connectivity index (χ0) is 17.4. The molecule has 0 radical (unpaired) electrons. The Kier molecular flexibility index (Phi) is 4.43. The van der Waals surface area contributed by atoms with Crippen molar-refractivity contribution in [3.63, 3.8) is 0 Å². The molecule has 2 aromatic heterocycles. The first-order chi connectivity index (χ1) is 12.0. The number of amides is 1. The Hall–Kier alpha value is -1.64. The van der Waals surface area contributed by atoms with Gasteiger partial charge in [-0.05, 0) is 30.0 Å². The second-order valence-electron chi connectivity index (χ2n) is 6.61. The average molecular weight is 380 g/mol. The summed E-state index contributed by atoms with van der Waals surface area (Å²) >= 11 is 1.47. The molecule has 1 amide bonds. The van der Waals surface area contributed by atoms with Gasteiger partial charge in [-0.2, -0.15) is 0 Å². The Morgan fingerprint density at radius 2 is 1.84 bits per heavy atom. The second-order valence-corrected chi connectivity index (χ2v) is 9.76. The standard InChI is InChI=1S/C17H21N3O3S2/c21-17(16-15(3-11-24-16)19-5-1-2-6-19)20-9-7-18(8-10-20)14-4-12-25(22,23)13-14/h1-3,5-6,11,14H,4,7-10,12-13H2/t14-/m1/s1. The molecule has 0 bridgehead atoms. The quantitative estimate of drug-likeness (QED) is 0.811. The number of nitrogens with zero attached hydrogens (tertiary/aromatic N) is 3. The third-order valence-electron chi connectivity index (χ3n) is 5.05. The van der Waals surface area contributed by atoms with Gasteiger partial charge in [0.25, 0.3) is 5.91 Å². The van der Waals surface area contributed by atoms with Gasteiger partial charge < -0.3 is 9.47 Å². The Bertz CT molecular complexity index is 850. The van der Waals surface area contributed by atoms with Crippen LogP contribution < -0.4 is 0 Å². The minimum atomic E-state index is -2.86. The normalized spacial score (nSPS) is 23.8. The van der Waals surface area contributed by atoms with Crippen LogP contribution in [0.3, 0.4) is 0 Å². The Balaban J connectivity index is 1.42. The number of hydrogen-bond acceptors (Lipinski definition) is 5. The summed E-state index contributed by atoms with van der Waals surface area (Å²) in [6.45, 7) is 2.79. The van der Waals surface area contributed by atoms with Gasteiger partial charge in [0.05, 0.1) is 17.2 Å². The molecule has 2 aromatic rings. The van der Waals surface area contributed by atoms with Crippen molar-refractivity contribution in [1.82, 2.24) is 14.4 Å². The van der Waals surface area contributed by atoms with Crippen molar-refractivity contribution in [1.29, 1.82) is 0 Å². The number of carbonyl (C=O) groups excluding carboxylic acids is 1. The number of piperazine rings is 1. The van der Waals surface area contributed by atoms with E-state index in [0.717, 1.165) is 30.1 Å². The lowest BCUT2D eigenvalue weighted by Gasteiger charge is -2.37. The number of rotatable bonds is 3. The lowest BCUT2D eigenvalue weighted by molar-refractivity contribution is 0.0592. The third-order valence-corrected chi connectivity index (χ3v) is 7.69. The Labute approximate surface area is 151 Å². The summed E-state index contributed by atoms with van der Waals surface area (Å²) in [5.74, 6) is 0.632. The highest BCUT2D eigenvalue weighted by Crippen LogP contribution is 2.25. The number of sulfone groups is 1. The van der Waals surface area contributed by atoms with Gasteiger partial charge in [0, 0.05) is 44.6 Å². The number of thiophene rings is 1. The fourth-order valence-electron chi connectivity index (χ4n) is 3.66. The van der Waals surface area contributed by atoms with E-state index < -0.39 is 9.84 Å². The summed E-state index contributed by atoms with van der Waals surface area (Å²) < 4.78 is 25.3. The molecule has 4 rings (SSSR count). The van der Waals surface area contributed by atoms with Gasteiger partial charge in [0.15, 0.2) is 9.84 Å². The molecule has 0 spiro atoms. The van der Waals surface area contributed by atoms with Gasteiger partial charge >= 0.3 is 0 Å². The highest BCUT2D eigenvalue weighted by atomic mass is 32.2. The second kappa shape index (κ2) is 6.59. The monoisotopic (exact) mass is 379 g/mol. The molecule has 2 aliphatic heterocycles. The number of aromatic nitrogens is 1. The molecule has 2 aliphatic rings. The molecule has 25 heavy (non-hydrogen) atoms. The van der Waals surface area contributed by atoms with Gasteiger partial charge in [0.2, 0.25) is 0 Å². The minimum Gasteiger partial charge on any atom is -0.335 e. The van der Waals surface area contributed by atoms with Crippen LogP contribution >= 0.6 is 11.3 Å². The highest BCUT2D eigenvalue weighted by molar-refractivity contribution is 7.91. The first kappa shape index (κ1) is 16.8. The van der Waals surface area contributed by atoms with Crippen molar-refractivity contribution in [2.24, 2.45) is 0 Å². The molecule has 0 N–H and O–H groups in total. The molecule has 4 heterocycles. The van der Waals surface area contributed by atoms with Crippen LogP contribution in [0.4, 0.5) is 0 Å². The molecule has 0 unspecified atom stereocenters. The molecule has 2 fully saturated rings. The smallest absolute Gasteiger partial charge is 0.266 e. The molecule has 0 saturated carbocycles. The molecule has 134 valence electrons. The van der Waals surface area contributed by atoms with E-state index in [1.54, 1.807) is 0 Å². The number of hydrogen-bond donors (Lipinski definition) is 0. The van der Waals surface area contributed by atoms with Gasteiger partial charge in [-0.1, -0.05) is 0 Å². The van der Waals surface area contributed by atoms with Crippen LogP contribution in [0.15, 0.2) is 36.0 Å². The zero-order valence-corrected chi connectivity index (χ0v) is 15.5. The average Bonchev–Trinajstić information content (AvgIpc) is 3.34. The van der Waals surface area contributed by atoms with E-state index >= 15 is 0 Å². The van der Waals surface area contributed by atoms with Crippen molar-refractivity contribution in [3.8, 4) is 5.69 Å². The SMILES string of the molecule is O=C(c1sccc1-n1cccc1)N1CCN([C@@H]2CCS(=O)(=O)C2)CC1. The summed E-state index contributed by atoms with van der Waals surface area (Å²) in [4.78, 5) is 17.8. The van der Waals surface area contributed by atoms with Crippen LogP contribution in [0.2, 0.25) is 0 Å². The molecular weight excluding hydrogens is 358 g/mol. The van der Waals surface area contributed by atoms with Gasteiger partial charge in [0.1, 0.15) is 4.88 Å². The van der Waals surface area contributed by atoms with Crippen molar-refractivity contribution >= 4 is 27.1 Å². The maximum absolute atomic E-state index is 12.9. The molecule has 2 saturated heterocycles. The molecular formula is C17H21N3O3S2. The first-order valence-corrected chi connectivity index (χ1v) is 11.2. The molecule has 6 nitrogen and oxygen atoms in total. The summed E-state index contributed by atoms with van der Waals surface area (Å²) in [6.07, 6.45) is 4.60. The Morgan fingerprint density at radius 3 is 2.48 bits per heavy atom. The summed E-state index contributed by atoms with van der Waals surface area (Å²) in [7, 11) is -2.86. The summed E-state index contributed by atoms with van der Waals surface area (Å²) in [5, 5.41) is 1.95. The maximum Gasteiger partial charge on any atom is 0.266 e. The van der Waals surface area contributed by atoms with Crippen LogP contribution in [0.1, 0.15) is 16.1 Å². The van der Waals surface area contributed by atoms with E-state index in [1.807, 2.05) is 45.4 Å². The summed E-state index contributed by atoms with van der Waals surface area (Å²) in [6, 6.07) is 5.98. The van der Waals surface area contributed by atoms with E-state index in [-0.39, 0.29) is 17.7 Å². The topological polar surface area (TPSA) is 62.6 Å². The highest BCUT2D eigenvalue weighted by Gasteiger charge is 2.34. The predicted molar refractivity (Wildman–Crippen MR) is 98.2 cm³/mol. The lowest BCUT2D eigenvalue weighted by Crippen LogP contribution is -2.52. The molecule has 0 aromatic carbocycles. The van der Waals surface area contributed by atoms with Crippen LogP contribution in [0.5, 0.6) is 0 Å². The largest absolute Gasteiger partial charge is 0.335 e. The van der Waals surface area contributed by atoms with E-state index in [9.17, 15) is 13.2 Å². The fraction of sp³-hybridized carbons (Fsp3) is 0.471. The molecule has 0 aliphatic carbocycles. The molecule has 1 atom stereocenters. The molecule has 8 heteroatoms. The summed E-state index contributed by atoms with van der Waals surface area (Å²) in [5.41, 5.74) is 0.921. The van der Waals surface area contributed by atoms with Crippen molar-refractivity contribution in [2.45, 2.75) is 12.5 Å². The zero-order valence-electron chi connectivity index (χ0n) is 13.9. The van der Waals surface area contributed by atoms with Crippen LogP contribution in [-0.4, -0.2) is 72.4 Å².